The highest BCUT2D eigenvalue weighted by molar-refractivity contribution is 6.63. The van der Waals surface area contributed by atoms with Crippen molar-refractivity contribution in [3.8, 4) is 5.75 Å². The van der Waals surface area contributed by atoms with Crippen LogP contribution in [0.25, 0.3) is 0 Å². The normalized spacial score (nSPS) is 19.0. The first-order chi connectivity index (χ1) is 10.6. The number of carbonyl (C=O) groups excluding carboxylic acids is 1. The molecular formula is C15H19BF2O5. The van der Waals surface area contributed by atoms with E-state index in [0.717, 1.165) is 0 Å². The molecule has 1 aliphatic rings. The van der Waals surface area contributed by atoms with Crippen LogP contribution in [0.5, 0.6) is 5.75 Å². The van der Waals surface area contributed by atoms with E-state index in [1.54, 1.807) is 0 Å². The summed E-state index contributed by atoms with van der Waals surface area (Å²) >= 11 is 0. The van der Waals surface area contributed by atoms with E-state index in [1.165, 1.54) is 25.3 Å². The molecule has 0 saturated carbocycles. The Labute approximate surface area is 134 Å². The van der Waals surface area contributed by atoms with Crippen LogP contribution in [0.3, 0.4) is 0 Å². The number of methoxy groups -OCH3 is 1. The number of hydrogen-bond donors (Lipinski definition) is 0. The Morgan fingerprint density at radius 2 is 1.74 bits per heavy atom. The number of rotatable bonds is 4. The van der Waals surface area contributed by atoms with Gasteiger partial charge in [0, 0.05) is 5.46 Å². The molecule has 1 fully saturated rings. The molecule has 2 rings (SSSR count). The van der Waals surface area contributed by atoms with Gasteiger partial charge in [-0.05, 0) is 39.8 Å². The van der Waals surface area contributed by atoms with Crippen molar-refractivity contribution in [2.24, 2.45) is 0 Å². The van der Waals surface area contributed by atoms with Gasteiger partial charge in [0.25, 0.3) is 0 Å². The number of benzene rings is 1. The molecule has 0 aromatic heterocycles. The van der Waals surface area contributed by atoms with Gasteiger partial charge in [-0.3, -0.25) is 0 Å². The molecule has 0 bridgehead atoms. The molecule has 1 aliphatic heterocycles. The van der Waals surface area contributed by atoms with Crippen LogP contribution >= 0.6 is 0 Å². The Balaban J connectivity index is 2.40. The molecule has 0 atom stereocenters. The maximum absolute atomic E-state index is 12.7. The molecular weight excluding hydrogens is 309 g/mol. The van der Waals surface area contributed by atoms with E-state index in [-0.39, 0.29) is 16.8 Å². The Morgan fingerprint density at radius 3 is 2.22 bits per heavy atom. The van der Waals surface area contributed by atoms with Crippen LogP contribution in [0.4, 0.5) is 8.78 Å². The van der Waals surface area contributed by atoms with Crippen molar-refractivity contribution >= 4 is 18.6 Å². The van der Waals surface area contributed by atoms with Gasteiger partial charge in [-0.2, -0.15) is 8.78 Å². The number of alkyl halides is 2. The minimum Gasteiger partial charge on any atom is -0.465 e. The second-order valence-corrected chi connectivity index (χ2v) is 6.21. The molecule has 5 nitrogen and oxygen atoms in total. The minimum atomic E-state index is -3.04. The van der Waals surface area contributed by atoms with Crippen LogP contribution < -0.4 is 10.2 Å². The van der Waals surface area contributed by atoms with Crippen molar-refractivity contribution in [2.45, 2.75) is 45.5 Å². The fourth-order valence-electron chi connectivity index (χ4n) is 2.14. The van der Waals surface area contributed by atoms with E-state index in [1.807, 2.05) is 27.7 Å². The van der Waals surface area contributed by atoms with Crippen LogP contribution in [-0.4, -0.2) is 38.0 Å². The lowest BCUT2D eigenvalue weighted by atomic mass is 9.78. The number of ether oxygens (including phenoxy) is 2. The van der Waals surface area contributed by atoms with Gasteiger partial charge in [0.2, 0.25) is 0 Å². The van der Waals surface area contributed by atoms with E-state index >= 15 is 0 Å². The monoisotopic (exact) mass is 328 g/mol. The molecule has 1 aromatic rings. The van der Waals surface area contributed by atoms with Crippen molar-refractivity contribution in [2.75, 3.05) is 7.11 Å². The largest absolute Gasteiger partial charge is 0.498 e. The van der Waals surface area contributed by atoms with Crippen molar-refractivity contribution in [1.82, 2.24) is 0 Å². The summed E-state index contributed by atoms with van der Waals surface area (Å²) in [5.41, 5.74) is -0.860. The summed E-state index contributed by atoms with van der Waals surface area (Å²) in [6.07, 6.45) is 0. The number of carbonyl (C=O) groups is 1. The standard InChI is InChI=1S/C15H19BF2O5/c1-14(2)15(3,4)23-16(22-14)10-7-6-9(12(19)20-5)8-11(10)21-13(17)18/h6-8,13H,1-5H3. The first-order valence-corrected chi connectivity index (χ1v) is 7.10. The average Bonchev–Trinajstić information content (AvgIpc) is 2.65. The fourth-order valence-corrected chi connectivity index (χ4v) is 2.14. The van der Waals surface area contributed by atoms with Crippen LogP contribution in [0.15, 0.2) is 18.2 Å². The summed E-state index contributed by atoms with van der Waals surface area (Å²) in [6.45, 7) is 4.36. The molecule has 1 heterocycles. The summed E-state index contributed by atoms with van der Waals surface area (Å²) in [4.78, 5) is 11.6. The third kappa shape index (κ3) is 3.48. The summed E-state index contributed by atoms with van der Waals surface area (Å²) in [6, 6.07) is 4.11. The summed E-state index contributed by atoms with van der Waals surface area (Å²) < 4.78 is 46.2. The minimum absolute atomic E-state index is 0.100. The Hall–Kier alpha value is -1.67. The van der Waals surface area contributed by atoms with E-state index in [4.69, 9.17) is 9.31 Å². The second-order valence-electron chi connectivity index (χ2n) is 6.21. The number of hydrogen-bond acceptors (Lipinski definition) is 5. The molecule has 126 valence electrons. The van der Waals surface area contributed by atoms with Gasteiger partial charge in [0.1, 0.15) is 5.75 Å². The Bertz CT molecular complexity index is 588. The molecule has 0 N–H and O–H groups in total. The molecule has 0 radical (unpaired) electrons. The van der Waals surface area contributed by atoms with Gasteiger partial charge in [-0.1, -0.05) is 6.07 Å². The molecule has 0 aliphatic carbocycles. The van der Waals surface area contributed by atoms with Crippen LogP contribution in [0, 0.1) is 0 Å². The van der Waals surface area contributed by atoms with E-state index in [2.05, 4.69) is 9.47 Å². The molecule has 1 saturated heterocycles. The number of esters is 1. The van der Waals surface area contributed by atoms with Crippen molar-refractivity contribution < 1.29 is 32.4 Å². The summed E-state index contributed by atoms with van der Waals surface area (Å²) in [5, 5.41) is 0. The predicted molar refractivity (Wildman–Crippen MR) is 80.1 cm³/mol. The zero-order valence-corrected chi connectivity index (χ0v) is 13.7. The van der Waals surface area contributed by atoms with Gasteiger partial charge in [-0.15, -0.1) is 0 Å². The maximum Gasteiger partial charge on any atom is 0.498 e. The average molecular weight is 328 g/mol. The second kappa shape index (κ2) is 6.09. The van der Waals surface area contributed by atoms with Gasteiger partial charge in [0.15, 0.2) is 0 Å². The SMILES string of the molecule is COC(=O)c1ccc(B2OC(C)(C)C(C)(C)O2)c(OC(F)F)c1. The van der Waals surface area contributed by atoms with Crippen molar-refractivity contribution in [3.05, 3.63) is 23.8 Å². The molecule has 0 spiro atoms. The van der Waals surface area contributed by atoms with Crippen molar-refractivity contribution in [3.63, 3.8) is 0 Å². The highest BCUT2D eigenvalue weighted by Gasteiger charge is 2.52. The van der Waals surface area contributed by atoms with Crippen LogP contribution in [0.2, 0.25) is 0 Å². The summed E-state index contributed by atoms with van der Waals surface area (Å²) in [7, 11) is 0.332. The first-order valence-electron chi connectivity index (χ1n) is 7.10. The van der Waals surface area contributed by atoms with E-state index < -0.39 is 30.9 Å². The lowest BCUT2D eigenvalue weighted by Crippen LogP contribution is -2.41. The topological polar surface area (TPSA) is 54.0 Å². The lowest BCUT2D eigenvalue weighted by molar-refractivity contribution is -0.0493. The smallest absolute Gasteiger partial charge is 0.465 e. The van der Waals surface area contributed by atoms with Gasteiger partial charge in [-0.25, -0.2) is 4.79 Å². The van der Waals surface area contributed by atoms with E-state index in [9.17, 15) is 13.6 Å². The molecule has 1 aromatic carbocycles. The molecule has 0 unspecified atom stereocenters. The van der Waals surface area contributed by atoms with Crippen LogP contribution in [0.1, 0.15) is 38.1 Å². The Kier molecular flexibility index (Phi) is 4.68. The lowest BCUT2D eigenvalue weighted by Gasteiger charge is -2.32. The van der Waals surface area contributed by atoms with E-state index in [0.29, 0.717) is 0 Å². The molecule has 0 amide bonds. The third-order valence-corrected chi connectivity index (χ3v) is 4.16. The zero-order chi connectivity index (χ0) is 17.4. The molecule has 23 heavy (non-hydrogen) atoms. The van der Waals surface area contributed by atoms with Gasteiger partial charge in [0.05, 0.1) is 23.9 Å². The quantitative estimate of drug-likeness (QED) is 0.627. The zero-order valence-electron chi connectivity index (χ0n) is 13.7. The van der Waals surface area contributed by atoms with Crippen LogP contribution in [-0.2, 0) is 14.0 Å². The maximum atomic E-state index is 12.7. The Morgan fingerprint density at radius 1 is 1.17 bits per heavy atom. The van der Waals surface area contributed by atoms with Crippen molar-refractivity contribution in [1.29, 1.82) is 0 Å². The predicted octanol–water partition coefficient (Wildman–Crippen LogP) is 2.37. The third-order valence-electron chi connectivity index (χ3n) is 4.16. The number of halogens is 2. The fraction of sp³-hybridized carbons (Fsp3) is 0.533. The first kappa shape index (κ1) is 17.7. The highest BCUT2D eigenvalue weighted by Crippen LogP contribution is 2.37. The summed E-state index contributed by atoms with van der Waals surface area (Å²) in [5.74, 6) is -0.828. The van der Waals surface area contributed by atoms with Gasteiger partial charge >= 0.3 is 19.7 Å². The highest BCUT2D eigenvalue weighted by atomic mass is 19.3. The van der Waals surface area contributed by atoms with Gasteiger partial charge < -0.3 is 18.8 Å². The molecule has 8 heteroatoms.